The summed E-state index contributed by atoms with van der Waals surface area (Å²) in [5, 5.41) is 2.17. The first kappa shape index (κ1) is 19.9. The number of alkyl halides is 3. The Morgan fingerprint density at radius 1 is 1.30 bits per heavy atom. The Bertz CT molecular complexity index is 935. The summed E-state index contributed by atoms with van der Waals surface area (Å²) in [7, 11) is -3.50. The van der Waals surface area contributed by atoms with Crippen molar-refractivity contribution >= 4 is 42.4 Å². The Kier molecular flexibility index (Phi) is 5.61. The number of carbonyl (C=O) groups is 1. The van der Waals surface area contributed by atoms with Gasteiger partial charge in [0.05, 0.1) is 15.5 Å². The molecule has 1 aliphatic carbocycles. The van der Waals surface area contributed by atoms with Crippen LogP contribution in [0.2, 0.25) is 0 Å². The highest BCUT2D eigenvalue weighted by Gasteiger charge is 2.31. The van der Waals surface area contributed by atoms with Crippen molar-refractivity contribution in [3.63, 3.8) is 0 Å². The second kappa shape index (κ2) is 7.63. The molecule has 0 radical (unpaired) electrons. The van der Waals surface area contributed by atoms with E-state index in [1.165, 1.54) is 18.2 Å². The first-order valence-corrected chi connectivity index (χ1v) is 10.8. The molecule has 6 nitrogen and oxygen atoms in total. The lowest BCUT2D eigenvalue weighted by molar-refractivity contribution is -0.153. The number of aromatic nitrogens is 1. The van der Waals surface area contributed by atoms with Crippen molar-refractivity contribution in [2.75, 3.05) is 17.7 Å². The molecule has 27 heavy (non-hydrogen) atoms. The minimum absolute atomic E-state index is 0.0326. The summed E-state index contributed by atoms with van der Waals surface area (Å²) in [4.78, 5) is 16.2. The van der Waals surface area contributed by atoms with Crippen LogP contribution in [0.5, 0.6) is 5.75 Å². The summed E-state index contributed by atoms with van der Waals surface area (Å²) in [6.07, 6.45) is -1.58. The lowest BCUT2D eigenvalue weighted by Crippen LogP contribution is -2.29. The van der Waals surface area contributed by atoms with Crippen LogP contribution in [0.15, 0.2) is 18.2 Å². The van der Waals surface area contributed by atoms with E-state index in [1.54, 1.807) is 0 Å². The maximum absolute atomic E-state index is 12.2. The molecule has 148 valence electrons. The summed E-state index contributed by atoms with van der Waals surface area (Å²) in [6.45, 7) is -1.40. The Balaban J connectivity index is 1.65. The quantitative estimate of drug-likeness (QED) is 0.770. The number of ether oxygens (including phenoxy) is 1. The van der Waals surface area contributed by atoms with Gasteiger partial charge in [0.15, 0.2) is 21.6 Å². The number of carbonyl (C=O) groups excluding carboxylic acids is 1. The van der Waals surface area contributed by atoms with E-state index in [2.05, 4.69) is 15.0 Å². The predicted octanol–water partition coefficient (Wildman–Crippen LogP) is 3.53. The number of hydrogen-bond acceptors (Lipinski definition) is 6. The van der Waals surface area contributed by atoms with E-state index < -0.39 is 39.5 Å². The van der Waals surface area contributed by atoms with Crippen LogP contribution in [0.1, 0.15) is 25.7 Å². The molecule has 0 aliphatic heterocycles. The molecule has 1 heterocycles. The van der Waals surface area contributed by atoms with Crippen LogP contribution in [0.3, 0.4) is 0 Å². The highest BCUT2D eigenvalue weighted by Crippen LogP contribution is 2.30. The number of hydrogen-bond donors (Lipinski definition) is 1. The zero-order valence-corrected chi connectivity index (χ0v) is 15.7. The van der Waals surface area contributed by atoms with E-state index >= 15 is 0 Å². The van der Waals surface area contributed by atoms with Crippen LogP contribution in [-0.4, -0.2) is 43.1 Å². The summed E-state index contributed by atoms with van der Waals surface area (Å²) < 4.78 is 66.3. The lowest BCUT2D eigenvalue weighted by Gasteiger charge is -2.10. The van der Waals surface area contributed by atoms with Crippen LogP contribution in [0.4, 0.5) is 18.3 Å². The molecule has 1 aromatic carbocycles. The van der Waals surface area contributed by atoms with E-state index in [9.17, 15) is 26.4 Å². The number of sulfone groups is 1. The largest absolute Gasteiger partial charge is 0.484 e. The second-order valence-electron chi connectivity index (χ2n) is 6.31. The van der Waals surface area contributed by atoms with Crippen molar-refractivity contribution in [1.29, 1.82) is 0 Å². The topological polar surface area (TPSA) is 85.4 Å². The normalized spacial score (nSPS) is 16.0. The predicted molar refractivity (Wildman–Crippen MR) is 95.8 cm³/mol. The first-order chi connectivity index (χ1) is 12.6. The lowest BCUT2D eigenvalue weighted by atomic mass is 10.3. The number of thiazole rings is 1. The number of rotatable bonds is 6. The molecule has 1 saturated carbocycles. The zero-order chi connectivity index (χ0) is 19.7. The molecule has 0 atom stereocenters. The van der Waals surface area contributed by atoms with Gasteiger partial charge in [0.25, 0.3) is 0 Å². The molecular formula is C16H17F3N2O4S2. The smallest absolute Gasteiger partial charge is 0.422 e. The molecule has 11 heteroatoms. The first-order valence-electron chi connectivity index (χ1n) is 8.24. The minimum Gasteiger partial charge on any atom is -0.484 e. The van der Waals surface area contributed by atoms with Gasteiger partial charge in [-0.05, 0) is 31.0 Å². The van der Waals surface area contributed by atoms with E-state index in [-0.39, 0.29) is 10.9 Å². The van der Waals surface area contributed by atoms with Gasteiger partial charge >= 0.3 is 6.18 Å². The van der Waals surface area contributed by atoms with Gasteiger partial charge in [-0.15, -0.1) is 0 Å². The van der Waals surface area contributed by atoms with Gasteiger partial charge in [-0.2, -0.15) is 13.2 Å². The Morgan fingerprint density at radius 3 is 2.67 bits per heavy atom. The standard InChI is InChI=1S/C16H17F3N2O4S2/c17-16(18,19)9-25-10-5-6-12-13(7-10)26-15(20-12)21-14(22)8-27(23,24)11-3-1-2-4-11/h5-7,11H,1-4,8-9H2,(H,20,21,22). The van der Waals surface area contributed by atoms with Gasteiger partial charge in [0, 0.05) is 0 Å². The average molecular weight is 422 g/mol. The number of anilines is 1. The number of halogens is 3. The third kappa shape index (κ3) is 5.32. The van der Waals surface area contributed by atoms with E-state index in [1.807, 2.05) is 0 Å². The number of amides is 1. The molecule has 0 unspecified atom stereocenters. The van der Waals surface area contributed by atoms with Crippen LogP contribution in [0, 0.1) is 0 Å². The molecule has 1 N–H and O–H groups in total. The fraction of sp³-hybridized carbons (Fsp3) is 0.500. The summed E-state index contributed by atoms with van der Waals surface area (Å²) in [6, 6.07) is 4.22. The molecule has 0 spiro atoms. The average Bonchev–Trinajstić information content (AvgIpc) is 3.20. The fourth-order valence-corrected chi connectivity index (χ4v) is 5.55. The van der Waals surface area contributed by atoms with Gasteiger partial charge in [0.2, 0.25) is 5.91 Å². The summed E-state index contributed by atoms with van der Waals surface area (Å²) in [5.74, 6) is -1.24. The van der Waals surface area contributed by atoms with Crippen LogP contribution < -0.4 is 10.1 Å². The number of benzene rings is 1. The summed E-state index contributed by atoms with van der Waals surface area (Å²) in [5.41, 5.74) is 0.466. The molecule has 1 aromatic heterocycles. The minimum atomic E-state index is -4.44. The third-order valence-corrected chi connectivity index (χ3v) is 7.24. The van der Waals surface area contributed by atoms with Gasteiger partial charge in [-0.3, -0.25) is 4.79 Å². The van der Waals surface area contributed by atoms with Crippen molar-refractivity contribution in [3.05, 3.63) is 18.2 Å². The SMILES string of the molecule is O=C(CS(=O)(=O)C1CCCC1)Nc1nc2ccc(OCC(F)(F)F)cc2s1. The Hall–Kier alpha value is -1.88. The zero-order valence-electron chi connectivity index (χ0n) is 14.1. The fourth-order valence-electron chi connectivity index (χ4n) is 2.92. The van der Waals surface area contributed by atoms with E-state index in [0.717, 1.165) is 24.2 Å². The van der Waals surface area contributed by atoms with Crippen molar-refractivity contribution < 1.29 is 31.1 Å². The van der Waals surface area contributed by atoms with Crippen LogP contribution in [0.25, 0.3) is 10.2 Å². The monoisotopic (exact) mass is 422 g/mol. The van der Waals surface area contributed by atoms with Crippen molar-refractivity contribution in [1.82, 2.24) is 4.98 Å². The van der Waals surface area contributed by atoms with Crippen LogP contribution >= 0.6 is 11.3 Å². The van der Waals surface area contributed by atoms with Gasteiger partial charge in [0.1, 0.15) is 11.5 Å². The summed E-state index contributed by atoms with van der Waals surface area (Å²) >= 11 is 1.03. The van der Waals surface area contributed by atoms with Crippen molar-refractivity contribution in [2.24, 2.45) is 0 Å². The highest BCUT2D eigenvalue weighted by molar-refractivity contribution is 7.92. The van der Waals surface area contributed by atoms with Gasteiger partial charge < -0.3 is 10.1 Å². The van der Waals surface area contributed by atoms with Crippen LogP contribution in [-0.2, 0) is 14.6 Å². The van der Waals surface area contributed by atoms with E-state index in [0.29, 0.717) is 23.1 Å². The maximum Gasteiger partial charge on any atom is 0.422 e. The number of fused-ring (bicyclic) bond motifs is 1. The molecule has 2 aromatic rings. The molecule has 0 bridgehead atoms. The molecule has 1 fully saturated rings. The van der Waals surface area contributed by atoms with Gasteiger partial charge in [-0.1, -0.05) is 24.2 Å². The molecule has 1 amide bonds. The third-order valence-electron chi connectivity index (χ3n) is 4.15. The molecular weight excluding hydrogens is 405 g/mol. The number of nitrogens with one attached hydrogen (secondary N) is 1. The van der Waals surface area contributed by atoms with Crippen molar-refractivity contribution in [2.45, 2.75) is 37.1 Å². The number of nitrogens with zero attached hydrogens (tertiary/aromatic N) is 1. The maximum atomic E-state index is 12.2. The molecule has 1 aliphatic rings. The van der Waals surface area contributed by atoms with Crippen molar-refractivity contribution in [3.8, 4) is 5.75 Å². The second-order valence-corrected chi connectivity index (χ2v) is 9.63. The Morgan fingerprint density at radius 2 is 2.00 bits per heavy atom. The van der Waals surface area contributed by atoms with E-state index in [4.69, 9.17) is 0 Å². The van der Waals surface area contributed by atoms with Gasteiger partial charge in [-0.25, -0.2) is 13.4 Å². The Labute approximate surface area is 157 Å². The molecule has 3 rings (SSSR count). The highest BCUT2D eigenvalue weighted by atomic mass is 32.2. The molecule has 0 saturated heterocycles.